The van der Waals surface area contributed by atoms with E-state index in [4.69, 9.17) is 22.1 Å². The van der Waals surface area contributed by atoms with E-state index < -0.39 is 0 Å². The molecule has 0 spiro atoms. The molecular formula is C15H14ClNO2. The Bertz CT molecular complexity index is 584. The number of nitrogens with two attached hydrogens (primary N) is 1. The number of halogens is 1. The summed E-state index contributed by atoms with van der Waals surface area (Å²) in [5.41, 5.74) is 6.04. The molecule has 19 heavy (non-hydrogen) atoms. The minimum absolute atomic E-state index is 0.372. The third kappa shape index (κ3) is 3.26. The molecule has 4 heteroatoms. The van der Waals surface area contributed by atoms with E-state index in [2.05, 4.69) is 0 Å². The molecule has 0 heterocycles. The molecule has 98 valence electrons. The molecule has 0 radical (unpaired) electrons. The van der Waals surface area contributed by atoms with Crippen molar-refractivity contribution in [1.29, 1.82) is 0 Å². The van der Waals surface area contributed by atoms with Crippen LogP contribution in [0.5, 0.6) is 11.5 Å². The van der Waals surface area contributed by atoms with Gasteiger partial charge >= 0.3 is 0 Å². The van der Waals surface area contributed by atoms with Crippen LogP contribution in [0.3, 0.4) is 0 Å². The Morgan fingerprint density at radius 1 is 1.21 bits per heavy atom. The minimum Gasteiger partial charge on any atom is -0.456 e. The number of amides is 1. The van der Waals surface area contributed by atoms with Crippen LogP contribution in [-0.4, -0.2) is 5.91 Å². The van der Waals surface area contributed by atoms with Crippen LogP contribution in [0.4, 0.5) is 0 Å². The highest BCUT2D eigenvalue weighted by Crippen LogP contribution is 2.31. The van der Waals surface area contributed by atoms with Crippen LogP contribution in [0, 0.1) is 0 Å². The molecule has 0 aliphatic heterocycles. The van der Waals surface area contributed by atoms with Crippen molar-refractivity contribution >= 4 is 17.5 Å². The predicted octanol–water partition coefficient (Wildman–Crippen LogP) is 3.72. The molecule has 3 nitrogen and oxygen atoms in total. The first-order valence-corrected chi connectivity index (χ1v) is 6.27. The summed E-state index contributed by atoms with van der Waals surface area (Å²) in [6.45, 7) is 1.74. The summed E-state index contributed by atoms with van der Waals surface area (Å²) in [6.07, 6.45) is 0. The molecule has 0 aliphatic rings. The number of hydrogen-bond acceptors (Lipinski definition) is 2. The molecule has 0 aromatic heterocycles. The Morgan fingerprint density at radius 2 is 1.89 bits per heavy atom. The number of hydrogen-bond donors (Lipinski definition) is 1. The highest BCUT2D eigenvalue weighted by Gasteiger charge is 2.13. The van der Waals surface area contributed by atoms with E-state index >= 15 is 0 Å². The lowest BCUT2D eigenvalue weighted by atomic mass is 10.0. The van der Waals surface area contributed by atoms with Gasteiger partial charge in [0.05, 0.1) is 10.9 Å². The average molecular weight is 276 g/mol. The normalized spacial score (nSPS) is 11.9. The lowest BCUT2D eigenvalue weighted by Gasteiger charge is -2.11. The molecular weight excluding hydrogens is 262 g/mol. The fourth-order valence-electron chi connectivity index (χ4n) is 1.65. The molecule has 0 fully saturated rings. The SMILES string of the molecule is CC(C(N)=O)c1ccc(Oc2ccccc2)c(Cl)c1. The van der Waals surface area contributed by atoms with Crippen LogP contribution in [0.15, 0.2) is 48.5 Å². The molecule has 2 rings (SSSR count). The number of primary amides is 1. The Labute approximate surface area is 117 Å². The maximum Gasteiger partial charge on any atom is 0.224 e. The van der Waals surface area contributed by atoms with Crippen LogP contribution in [0.1, 0.15) is 18.4 Å². The van der Waals surface area contributed by atoms with Gasteiger partial charge in [-0.2, -0.15) is 0 Å². The Hall–Kier alpha value is -2.00. The molecule has 0 aliphatic carbocycles. The zero-order valence-electron chi connectivity index (χ0n) is 10.5. The second kappa shape index (κ2) is 5.76. The van der Waals surface area contributed by atoms with Gasteiger partial charge < -0.3 is 10.5 Å². The van der Waals surface area contributed by atoms with Gasteiger partial charge in [0.15, 0.2) is 0 Å². The van der Waals surface area contributed by atoms with E-state index in [1.54, 1.807) is 25.1 Å². The van der Waals surface area contributed by atoms with Gasteiger partial charge in [0.2, 0.25) is 5.91 Å². The summed E-state index contributed by atoms with van der Waals surface area (Å²) in [5.74, 6) is 0.504. The zero-order valence-corrected chi connectivity index (χ0v) is 11.2. The Balaban J connectivity index is 2.23. The molecule has 0 bridgehead atoms. The minimum atomic E-state index is -0.382. The van der Waals surface area contributed by atoms with Crippen molar-refractivity contribution in [2.45, 2.75) is 12.8 Å². The standard InChI is InChI=1S/C15H14ClNO2/c1-10(15(17)18)11-7-8-14(13(16)9-11)19-12-5-3-2-4-6-12/h2-10H,1H3,(H2,17,18). The van der Waals surface area contributed by atoms with Crippen molar-refractivity contribution in [3.8, 4) is 11.5 Å². The van der Waals surface area contributed by atoms with Crippen molar-refractivity contribution < 1.29 is 9.53 Å². The van der Waals surface area contributed by atoms with Crippen molar-refractivity contribution in [1.82, 2.24) is 0 Å². The molecule has 2 aromatic carbocycles. The van der Waals surface area contributed by atoms with Crippen LogP contribution >= 0.6 is 11.6 Å². The number of carbonyl (C=O) groups excluding carboxylic acids is 1. The third-order valence-electron chi connectivity index (χ3n) is 2.85. The fraction of sp³-hybridized carbons (Fsp3) is 0.133. The topological polar surface area (TPSA) is 52.3 Å². The van der Waals surface area contributed by atoms with Gasteiger partial charge in [0.1, 0.15) is 11.5 Å². The summed E-state index contributed by atoms with van der Waals surface area (Å²) < 4.78 is 5.66. The van der Waals surface area contributed by atoms with E-state index in [1.165, 1.54) is 0 Å². The maximum absolute atomic E-state index is 11.1. The molecule has 1 amide bonds. The summed E-state index contributed by atoms with van der Waals surface area (Å²) in [5, 5.41) is 0.453. The number of rotatable bonds is 4. The Morgan fingerprint density at radius 3 is 2.47 bits per heavy atom. The van der Waals surface area contributed by atoms with Gasteiger partial charge in [-0.3, -0.25) is 4.79 Å². The lowest BCUT2D eigenvalue weighted by molar-refractivity contribution is -0.119. The quantitative estimate of drug-likeness (QED) is 0.924. The molecule has 2 aromatic rings. The first-order chi connectivity index (χ1) is 9.08. The molecule has 0 saturated carbocycles. The zero-order chi connectivity index (χ0) is 13.8. The average Bonchev–Trinajstić information content (AvgIpc) is 2.41. The largest absolute Gasteiger partial charge is 0.456 e. The van der Waals surface area contributed by atoms with Crippen molar-refractivity contribution in [2.75, 3.05) is 0 Å². The van der Waals surface area contributed by atoms with Gasteiger partial charge in [0.25, 0.3) is 0 Å². The number of carbonyl (C=O) groups is 1. The van der Waals surface area contributed by atoms with E-state index in [-0.39, 0.29) is 11.8 Å². The van der Waals surface area contributed by atoms with Crippen molar-refractivity contribution in [3.63, 3.8) is 0 Å². The second-order valence-electron chi connectivity index (χ2n) is 4.23. The van der Waals surface area contributed by atoms with Crippen molar-refractivity contribution in [2.24, 2.45) is 5.73 Å². The first-order valence-electron chi connectivity index (χ1n) is 5.89. The molecule has 2 N–H and O–H groups in total. The van der Waals surface area contributed by atoms with Gasteiger partial charge in [0, 0.05) is 0 Å². The summed E-state index contributed by atoms with van der Waals surface area (Å²) >= 11 is 6.15. The van der Waals surface area contributed by atoms with E-state index in [9.17, 15) is 4.79 Å². The highest BCUT2D eigenvalue weighted by atomic mass is 35.5. The maximum atomic E-state index is 11.1. The van der Waals surface area contributed by atoms with Crippen LogP contribution in [0.2, 0.25) is 5.02 Å². The van der Waals surface area contributed by atoms with Crippen LogP contribution in [0.25, 0.3) is 0 Å². The predicted molar refractivity (Wildman–Crippen MR) is 75.6 cm³/mol. The summed E-state index contributed by atoms with van der Waals surface area (Å²) in [7, 11) is 0. The fourth-order valence-corrected chi connectivity index (χ4v) is 1.88. The molecule has 1 atom stereocenters. The van der Waals surface area contributed by atoms with Crippen molar-refractivity contribution in [3.05, 3.63) is 59.1 Å². The third-order valence-corrected chi connectivity index (χ3v) is 3.15. The highest BCUT2D eigenvalue weighted by molar-refractivity contribution is 6.32. The smallest absolute Gasteiger partial charge is 0.224 e. The van der Waals surface area contributed by atoms with Gasteiger partial charge in [-0.15, -0.1) is 0 Å². The van der Waals surface area contributed by atoms with Gasteiger partial charge in [-0.05, 0) is 36.8 Å². The van der Waals surface area contributed by atoms with E-state index in [0.29, 0.717) is 16.5 Å². The van der Waals surface area contributed by atoms with Crippen LogP contribution in [-0.2, 0) is 4.79 Å². The second-order valence-corrected chi connectivity index (χ2v) is 4.64. The summed E-state index contributed by atoms with van der Waals surface area (Å²) in [6, 6.07) is 14.6. The Kier molecular flexibility index (Phi) is 4.07. The lowest BCUT2D eigenvalue weighted by Crippen LogP contribution is -2.18. The number of ether oxygens (including phenoxy) is 1. The van der Waals surface area contributed by atoms with Crippen LogP contribution < -0.4 is 10.5 Å². The van der Waals surface area contributed by atoms with E-state index in [1.807, 2.05) is 30.3 Å². The number of para-hydroxylation sites is 1. The monoisotopic (exact) mass is 275 g/mol. The van der Waals surface area contributed by atoms with Gasteiger partial charge in [-0.25, -0.2) is 0 Å². The molecule has 0 saturated heterocycles. The van der Waals surface area contributed by atoms with Gasteiger partial charge in [-0.1, -0.05) is 35.9 Å². The number of benzene rings is 2. The molecule has 1 unspecified atom stereocenters. The van der Waals surface area contributed by atoms with E-state index in [0.717, 1.165) is 5.56 Å². The summed E-state index contributed by atoms with van der Waals surface area (Å²) in [4.78, 5) is 11.1. The first kappa shape index (κ1) is 13.4.